The van der Waals surface area contributed by atoms with Crippen LogP contribution in [0.4, 0.5) is 4.39 Å². The largest absolute Gasteiger partial charge is 0.478 e. The zero-order chi connectivity index (χ0) is 15.2. The van der Waals surface area contributed by atoms with Crippen LogP contribution in [0.2, 0.25) is 0 Å². The quantitative estimate of drug-likeness (QED) is 0.815. The molecule has 0 aromatic heterocycles. The fourth-order valence-electron chi connectivity index (χ4n) is 2.90. The Labute approximate surface area is 125 Å². The molecule has 1 aromatic rings. The molecule has 0 saturated carbocycles. The summed E-state index contributed by atoms with van der Waals surface area (Å²) in [5, 5.41) is 8.57. The first-order valence-electron chi connectivity index (χ1n) is 7.50. The Morgan fingerprint density at radius 2 is 2.33 bits per heavy atom. The van der Waals surface area contributed by atoms with Gasteiger partial charge in [-0.3, -0.25) is 4.90 Å². The number of carbonyl (C=O) groups is 1. The first kappa shape index (κ1) is 15.7. The fraction of sp³-hybridized carbons (Fsp3) is 0.471. The van der Waals surface area contributed by atoms with Gasteiger partial charge in [-0.2, -0.15) is 0 Å². The van der Waals surface area contributed by atoms with Crippen LogP contribution in [-0.4, -0.2) is 29.1 Å². The van der Waals surface area contributed by atoms with Gasteiger partial charge in [0, 0.05) is 24.7 Å². The molecule has 1 heterocycles. The Morgan fingerprint density at radius 3 is 3.00 bits per heavy atom. The van der Waals surface area contributed by atoms with Crippen molar-refractivity contribution >= 4 is 12.0 Å². The predicted octanol–water partition coefficient (Wildman–Crippen LogP) is 3.55. The van der Waals surface area contributed by atoms with Crippen molar-refractivity contribution in [2.45, 2.75) is 32.7 Å². The molecule has 1 saturated heterocycles. The summed E-state index contributed by atoms with van der Waals surface area (Å²) in [6, 6.07) is 4.91. The minimum absolute atomic E-state index is 0.263. The summed E-state index contributed by atoms with van der Waals surface area (Å²) in [6.45, 7) is 4.92. The number of hydrogen-bond donors (Lipinski definition) is 1. The molecule has 1 unspecified atom stereocenters. The van der Waals surface area contributed by atoms with E-state index in [9.17, 15) is 9.18 Å². The van der Waals surface area contributed by atoms with Crippen molar-refractivity contribution in [2.24, 2.45) is 5.92 Å². The Hall–Kier alpha value is -1.68. The maximum atomic E-state index is 14.1. The number of carboxylic acid groups (broad SMARTS) is 1. The van der Waals surface area contributed by atoms with E-state index >= 15 is 0 Å². The van der Waals surface area contributed by atoms with E-state index in [2.05, 4.69) is 11.8 Å². The minimum atomic E-state index is -1.03. The lowest BCUT2D eigenvalue weighted by Gasteiger charge is -2.16. The summed E-state index contributed by atoms with van der Waals surface area (Å²) in [7, 11) is 0. The topological polar surface area (TPSA) is 40.5 Å². The number of hydrogen-bond acceptors (Lipinski definition) is 2. The third kappa shape index (κ3) is 4.67. The molecule has 0 aliphatic carbocycles. The Bertz CT molecular complexity index is 528. The second kappa shape index (κ2) is 7.36. The van der Waals surface area contributed by atoms with Gasteiger partial charge in [0.25, 0.3) is 0 Å². The molecule has 0 amide bonds. The molecule has 4 heteroatoms. The van der Waals surface area contributed by atoms with Crippen LogP contribution in [0.15, 0.2) is 24.3 Å². The second-order valence-electron chi connectivity index (χ2n) is 5.70. The molecule has 0 bridgehead atoms. The average Bonchev–Trinajstić information content (AvgIpc) is 2.87. The zero-order valence-electron chi connectivity index (χ0n) is 12.4. The monoisotopic (exact) mass is 291 g/mol. The summed E-state index contributed by atoms with van der Waals surface area (Å²) in [5.74, 6) is -0.546. The molecule has 21 heavy (non-hydrogen) atoms. The highest BCUT2D eigenvalue weighted by molar-refractivity contribution is 5.85. The SMILES string of the molecule is CCCC1CCN(Cc2ccc(/C=C/C(=O)O)cc2F)C1. The highest BCUT2D eigenvalue weighted by atomic mass is 19.1. The molecule has 1 N–H and O–H groups in total. The lowest BCUT2D eigenvalue weighted by molar-refractivity contribution is -0.131. The van der Waals surface area contributed by atoms with Gasteiger partial charge in [0.1, 0.15) is 5.82 Å². The smallest absolute Gasteiger partial charge is 0.328 e. The van der Waals surface area contributed by atoms with Crippen LogP contribution in [0.5, 0.6) is 0 Å². The van der Waals surface area contributed by atoms with Crippen molar-refractivity contribution in [1.29, 1.82) is 0 Å². The number of rotatable bonds is 6. The van der Waals surface area contributed by atoms with Gasteiger partial charge < -0.3 is 5.11 Å². The van der Waals surface area contributed by atoms with Crippen LogP contribution >= 0.6 is 0 Å². The van der Waals surface area contributed by atoms with E-state index in [1.165, 1.54) is 31.4 Å². The molecular weight excluding hydrogens is 269 g/mol. The van der Waals surface area contributed by atoms with Gasteiger partial charge in [0.05, 0.1) is 0 Å². The molecule has 0 spiro atoms. The minimum Gasteiger partial charge on any atom is -0.478 e. The highest BCUT2D eigenvalue weighted by Gasteiger charge is 2.22. The molecule has 1 aliphatic heterocycles. The Morgan fingerprint density at radius 1 is 1.52 bits per heavy atom. The van der Waals surface area contributed by atoms with E-state index < -0.39 is 5.97 Å². The normalized spacial score (nSPS) is 19.4. The van der Waals surface area contributed by atoms with E-state index in [4.69, 9.17) is 5.11 Å². The first-order chi connectivity index (χ1) is 10.1. The van der Waals surface area contributed by atoms with Crippen molar-refractivity contribution in [3.63, 3.8) is 0 Å². The number of halogens is 1. The van der Waals surface area contributed by atoms with Crippen LogP contribution in [0.25, 0.3) is 6.08 Å². The number of nitrogens with zero attached hydrogens (tertiary/aromatic N) is 1. The number of carboxylic acids is 1. The number of benzene rings is 1. The number of likely N-dealkylation sites (tertiary alicyclic amines) is 1. The predicted molar refractivity (Wildman–Crippen MR) is 81.4 cm³/mol. The molecule has 1 atom stereocenters. The Kier molecular flexibility index (Phi) is 5.51. The van der Waals surface area contributed by atoms with E-state index in [0.29, 0.717) is 17.7 Å². The maximum Gasteiger partial charge on any atom is 0.328 e. The van der Waals surface area contributed by atoms with Crippen molar-refractivity contribution < 1.29 is 14.3 Å². The van der Waals surface area contributed by atoms with E-state index in [-0.39, 0.29) is 5.82 Å². The van der Waals surface area contributed by atoms with Crippen molar-refractivity contribution in [1.82, 2.24) is 4.90 Å². The molecule has 1 aromatic carbocycles. The third-order valence-corrected chi connectivity index (χ3v) is 3.96. The van der Waals surface area contributed by atoms with Gasteiger partial charge in [-0.15, -0.1) is 0 Å². The van der Waals surface area contributed by atoms with Crippen LogP contribution in [-0.2, 0) is 11.3 Å². The molecule has 0 radical (unpaired) electrons. The maximum absolute atomic E-state index is 14.1. The average molecular weight is 291 g/mol. The molecule has 2 rings (SSSR count). The van der Waals surface area contributed by atoms with Gasteiger partial charge in [-0.05, 0) is 43.0 Å². The van der Waals surface area contributed by atoms with Crippen LogP contribution < -0.4 is 0 Å². The van der Waals surface area contributed by atoms with Gasteiger partial charge >= 0.3 is 5.97 Å². The summed E-state index contributed by atoms with van der Waals surface area (Å²) >= 11 is 0. The summed E-state index contributed by atoms with van der Waals surface area (Å²) in [4.78, 5) is 12.7. The summed E-state index contributed by atoms with van der Waals surface area (Å²) in [6.07, 6.45) is 6.08. The van der Waals surface area contributed by atoms with Crippen molar-refractivity contribution in [2.75, 3.05) is 13.1 Å². The zero-order valence-corrected chi connectivity index (χ0v) is 12.4. The van der Waals surface area contributed by atoms with Gasteiger partial charge in [-0.1, -0.05) is 25.5 Å². The van der Waals surface area contributed by atoms with E-state index in [0.717, 1.165) is 25.1 Å². The standard InChI is InChI=1S/C17H22FNO2/c1-2-3-14-8-9-19(11-14)12-15-6-4-13(10-16(15)18)5-7-17(20)21/h4-7,10,14H,2-3,8-9,11-12H2,1H3,(H,20,21)/b7-5+. The summed E-state index contributed by atoms with van der Waals surface area (Å²) in [5.41, 5.74) is 1.25. The van der Waals surface area contributed by atoms with Crippen LogP contribution in [0.1, 0.15) is 37.3 Å². The Balaban J connectivity index is 1.97. The lowest BCUT2D eigenvalue weighted by Crippen LogP contribution is -2.20. The highest BCUT2D eigenvalue weighted by Crippen LogP contribution is 2.23. The van der Waals surface area contributed by atoms with Crippen molar-refractivity contribution in [3.8, 4) is 0 Å². The second-order valence-corrected chi connectivity index (χ2v) is 5.70. The van der Waals surface area contributed by atoms with E-state index in [1.807, 2.05) is 0 Å². The van der Waals surface area contributed by atoms with Crippen LogP contribution in [0.3, 0.4) is 0 Å². The summed E-state index contributed by atoms with van der Waals surface area (Å²) < 4.78 is 14.1. The van der Waals surface area contributed by atoms with Gasteiger partial charge in [-0.25, -0.2) is 9.18 Å². The third-order valence-electron chi connectivity index (χ3n) is 3.96. The first-order valence-corrected chi connectivity index (χ1v) is 7.50. The molecule has 1 fully saturated rings. The van der Waals surface area contributed by atoms with E-state index in [1.54, 1.807) is 12.1 Å². The van der Waals surface area contributed by atoms with Gasteiger partial charge in [0.2, 0.25) is 0 Å². The van der Waals surface area contributed by atoms with Crippen molar-refractivity contribution in [3.05, 3.63) is 41.2 Å². The molecule has 114 valence electrons. The van der Waals surface area contributed by atoms with Crippen LogP contribution in [0, 0.1) is 11.7 Å². The van der Waals surface area contributed by atoms with Gasteiger partial charge in [0.15, 0.2) is 0 Å². The molecule has 1 aliphatic rings. The number of aliphatic carboxylic acids is 1. The molecule has 3 nitrogen and oxygen atoms in total. The lowest BCUT2D eigenvalue weighted by atomic mass is 10.0. The molecular formula is C17H22FNO2. The fourth-order valence-corrected chi connectivity index (χ4v) is 2.90.